The number of rotatable bonds is 6. The lowest BCUT2D eigenvalue weighted by atomic mass is 10.0. The molecule has 9 nitrogen and oxygen atoms in total. The second-order valence-electron chi connectivity index (χ2n) is 6.94. The smallest absolute Gasteiger partial charge is 0.352 e. The van der Waals surface area contributed by atoms with E-state index in [1.165, 1.54) is 28.4 Å². The molecular formula is C19H21N5O4S2. The molecule has 3 heterocycles. The molecule has 3 atom stereocenters. The van der Waals surface area contributed by atoms with Gasteiger partial charge in [-0.1, -0.05) is 42.1 Å². The molecule has 4 rings (SSSR count). The fourth-order valence-corrected chi connectivity index (χ4v) is 5.89. The number of carboxylic acids is 1. The average molecular weight is 448 g/mol. The minimum atomic E-state index is -1.14. The molecule has 0 aliphatic carbocycles. The van der Waals surface area contributed by atoms with Gasteiger partial charge in [0.05, 0.1) is 6.54 Å². The minimum absolute atomic E-state index is 0.00713. The van der Waals surface area contributed by atoms with Crippen LogP contribution in [0.2, 0.25) is 0 Å². The van der Waals surface area contributed by atoms with Crippen molar-refractivity contribution in [2.75, 3.05) is 24.6 Å². The number of amides is 2. The zero-order valence-electron chi connectivity index (χ0n) is 15.9. The van der Waals surface area contributed by atoms with E-state index in [2.05, 4.69) is 15.6 Å². The lowest BCUT2D eigenvalue weighted by Gasteiger charge is -2.49. The number of hydrogen-bond donors (Lipinski definition) is 4. The molecule has 1 fully saturated rings. The SMILES string of the molecule is N[C@@H](C(=O)NC1C(=O)N2C(C(=O)O)=C(CSC3=NCCN3)CS[C@H]12)c1ccccc1. The number of aliphatic carboxylic acids is 1. The van der Waals surface area contributed by atoms with Gasteiger partial charge in [-0.2, -0.15) is 0 Å². The van der Waals surface area contributed by atoms with E-state index < -0.39 is 35.2 Å². The van der Waals surface area contributed by atoms with Gasteiger partial charge in [0.25, 0.3) is 5.91 Å². The Morgan fingerprint density at radius 2 is 2.17 bits per heavy atom. The van der Waals surface area contributed by atoms with Gasteiger partial charge in [0.2, 0.25) is 5.91 Å². The Bertz CT molecular complexity index is 936. The van der Waals surface area contributed by atoms with Gasteiger partial charge in [0.15, 0.2) is 5.17 Å². The highest BCUT2D eigenvalue weighted by Crippen LogP contribution is 2.41. The fourth-order valence-electron chi connectivity index (χ4n) is 3.48. The van der Waals surface area contributed by atoms with E-state index in [1.54, 1.807) is 24.3 Å². The summed E-state index contributed by atoms with van der Waals surface area (Å²) in [4.78, 5) is 42.7. The molecule has 3 aliphatic heterocycles. The Kier molecular flexibility index (Phi) is 6.02. The van der Waals surface area contributed by atoms with Crippen molar-refractivity contribution in [3.63, 3.8) is 0 Å². The Labute approximate surface area is 181 Å². The quantitative estimate of drug-likeness (QED) is 0.451. The van der Waals surface area contributed by atoms with E-state index in [0.717, 1.165) is 11.7 Å². The molecule has 0 saturated carbocycles. The Morgan fingerprint density at radius 3 is 2.83 bits per heavy atom. The molecule has 2 amide bonds. The van der Waals surface area contributed by atoms with Crippen molar-refractivity contribution < 1.29 is 19.5 Å². The fraction of sp³-hybridized carbons (Fsp3) is 0.368. The van der Waals surface area contributed by atoms with Crippen LogP contribution in [0.25, 0.3) is 0 Å². The predicted octanol–water partition coefficient (Wildman–Crippen LogP) is 0.117. The Balaban J connectivity index is 1.44. The Morgan fingerprint density at radius 1 is 1.40 bits per heavy atom. The number of amidine groups is 1. The number of β-lactam (4-membered cyclic amide) rings is 1. The summed E-state index contributed by atoms with van der Waals surface area (Å²) in [5.74, 6) is -1.14. The van der Waals surface area contributed by atoms with Gasteiger partial charge >= 0.3 is 5.97 Å². The predicted molar refractivity (Wildman–Crippen MR) is 116 cm³/mol. The number of fused-ring (bicyclic) bond motifs is 1. The first-order valence-corrected chi connectivity index (χ1v) is 11.4. The van der Waals surface area contributed by atoms with Crippen molar-refractivity contribution in [3.05, 3.63) is 47.2 Å². The standard InChI is InChI=1S/C19H21N5O4S2/c20-12(10-4-2-1-3-5-10)15(25)23-13-16(26)24-14(18(27)28)11(8-29-17(13)24)9-30-19-21-6-7-22-19/h1-5,12-13,17H,6-9,20H2,(H,21,22)(H,23,25)(H,27,28)/t12-,13?,17-/m1/s1. The number of nitrogens with one attached hydrogen (secondary N) is 2. The summed E-state index contributed by atoms with van der Waals surface area (Å²) < 4.78 is 0. The molecule has 1 aromatic rings. The number of carbonyl (C=O) groups excluding carboxylic acids is 2. The van der Waals surface area contributed by atoms with Crippen molar-refractivity contribution >= 4 is 46.5 Å². The van der Waals surface area contributed by atoms with Crippen molar-refractivity contribution in [1.29, 1.82) is 0 Å². The molecule has 0 aromatic heterocycles. The van der Waals surface area contributed by atoms with Crippen molar-refractivity contribution in [3.8, 4) is 0 Å². The van der Waals surface area contributed by atoms with E-state index in [1.807, 2.05) is 6.07 Å². The number of hydrogen-bond acceptors (Lipinski definition) is 8. The number of nitrogens with two attached hydrogens (primary N) is 1. The Hall–Kier alpha value is -2.50. The number of aliphatic imine (C=N–C) groups is 1. The number of nitrogens with zero attached hydrogens (tertiary/aromatic N) is 2. The van der Waals surface area contributed by atoms with Gasteiger partial charge in [0, 0.05) is 18.1 Å². The molecule has 158 valence electrons. The third kappa shape index (κ3) is 3.92. The van der Waals surface area contributed by atoms with Crippen LogP contribution in [0.3, 0.4) is 0 Å². The van der Waals surface area contributed by atoms with E-state index in [9.17, 15) is 19.5 Å². The number of thioether (sulfide) groups is 2. The third-order valence-corrected chi connectivity index (χ3v) is 7.39. The summed E-state index contributed by atoms with van der Waals surface area (Å²) in [5.41, 5.74) is 7.33. The first-order valence-electron chi connectivity index (χ1n) is 9.39. The summed E-state index contributed by atoms with van der Waals surface area (Å²) >= 11 is 2.87. The van der Waals surface area contributed by atoms with E-state index >= 15 is 0 Å². The number of benzene rings is 1. The molecule has 0 spiro atoms. The van der Waals surface area contributed by atoms with Crippen LogP contribution < -0.4 is 16.4 Å². The summed E-state index contributed by atoms with van der Waals surface area (Å²) in [6, 6.07) is 7.19. The van der Waals surface area contributed by atoms with Gasteiger partial charge in [-0.25, -0.2) is 4.79 Å². The normalized spacial score (nSPS) is 23.8. The van der Waals surface area contributed by atoms with Crippen LogP contribution in [-0.2, 0) is 14.4 Å². The zero-order valence-corrected chi connectivity index (χ0v) is 17.5. The summed E-state index contributed by atoms with van der Waals surface area (Å²) in [5, 5.41) is 15.9. The molecular weight excluding hydrogens is 426 g/mol. The maximum absolute atomic E-state index is 12.7. The molecule has 11 heteroatoms. The van der Waals surface area contributed by atoms with Crippen molar-refractivity contribution in [2.24, 2.45) is 10.7 Å². The molecule has 5 N–H and O–H groups in total. The highest BCUT2D eigenvalue weighted by Gasteiger charge is 2.54. The summed E-state index contributed by atoms with van der Waals surface area (Å²) in [6.45, 7) is 1.49. The largest absolute Gasteiger partial charge is 0.477 e. The van der Waals surface area contributed by atoms with E-state index in [-0.39, 0.29) is 5.70 Å². The third-order valence-electron chi connectivity index (χ3n) is 5.02. The van der Waals surface area contributed by atoms with Crippen LogP contribution in [0.15, 0.2) is 46.6 Å². The molecule has 1 unspecified atom stereocenters. The molecule has 30 heavy (non-hydrogen) atoms. The lowest BCUT2D eigenvalue weighted by molar-refractivity contribution is -0.150. The average Bonchev–Trinajstić information content (AvgIpc) is 3.28. The van der Waals surface area contributed by atoms with E-state index in [4.69, 9.17) is 5.73 Å². The van der Waals surface area contributed by atoms with Crippen LogP contribution in [0.5, 0.6) is 0 Å². The van der Waals surface area contributed by atoms with Crippen LogP contribution in [0, 0.1) is 0 Å². The topological polar surface area (TPSA) is 137 Å². The van der Waals surface area contributed by atoms with Gasteiger partial charge in [-0.15, -0.1) is 11.8 Å². The van der Waals surface area contributed by atoms with E-state index in [0.29, 0.717) is 29.2 Å². The van der Waals surface area contributed by atoms with Crippen LogP contribution >= 0.6 is 23.5 Å². The molecule has 0 radical (unpaired) electrons. The molecule has 3 aliphatic rings. The monoisotopic (exact) mass is 447 g/mol. The number of carboxylic acid groups (broad SMARTS) is 1. The summed E-state index contributed by atoms with van der Waals surface area (Å²) in [7, 11) is 0. The highest BCUT2D eigenvalue weighted by molar-refractivity contribution is 8.14. The summed E-state index contributed by atoms with van der Waals surface area (Å²) in [6.07, 6.45) is 0. The molecule has 0 bridgehead atoms. The minimum Gasteiger partial charge on any atom is -0.477 e. The molecule has 1 aromatic carbocycles. The second-order valence-corrected chi connectivity index (χ2v) is 9.01. The maximum atomic E-state index is 12.7. The number of carbonyl (C=O) groups is 3. The maximum Gasteiger partial charge on any atom is 0.352 e. The van der Waals surface area contributed by atoms with Gasteiger partial charge in [0.1, 0.15) is 23.2 Å². The van der Waals surface area contributed by atoms with Gasteiger partial charge in [-0.3, -0.25) is 19.5 Å². The second kappa shape index (κ2) is 8.70. The van der Waals surface area contributed by atoms with Crippen LogP contribution in [-0.4, -0.2) is 69.0 Å². The first kappa shape index (κ1) is 20.8. The van der Waals surface area contributed by atoms with Crippen molar-refractivity contribution in [2.45, 2.75) is 17.5 Å². The first-order chi connectivity index (χ1) is 14.5. The van der Waals surface area contributed by atoms with Crippen molar-refractivity contribution in [1.82, 2.24) is 15.5 Å². The van der Waals surface area contributed by atoms with Gasteiger partial charge < -0.3 is 21.5 Å². The van der Waals surface area contributed by atoms with Crippen LogP contribution in [0.4, 0.5) is 0 Å². The van der Waals surface area contributed by atoms with Crippen LogP contribution in [0.1, 0.15) is 11.6 Å². The highest BCUT2D eigenvalue weighted by atomic mass is 32.2. The van der Waals surface area contributed by atoms with Gasteiger partial charge in [-0.05, 0) is 11.1 Å². The lowest BCUT2D eigenvalue weighted by Crippen LogP contribution is -2.71. The zero-order chi connectivity index (χ0) is 21.3. The molecule has 1 saturated heterocycles.